The number of hydrogen-bond donors (Lipinski definition) is 2. The molecule has 0 saturated heterocycles. The molecule has 0 atom stereocenters. The van der Waals surface area contributed by atoms with E-state index < -0.39 is 5.97 Å². The molecule has 1 aromatic carbocycles. The van der Waals surface area contributed by atoms with E-state index >= 15 is 0 Å². The zero-order chi connectivity index (χ0) is 11.7. The molecule has 0 unspecified atom stereocenters. The molecule has 16 heavy (non-hydrogen) atoms. The van der Waals surface area contributed by atoms with Crippen LogP contribution in [0.25, 0.3) is 17.0 Å². The summed E-state index contributed by atoms with van der Waals surface area (Å²) < 4.78 is 0.995. The maximum atomic E-state index is 10.5. The van der Waals surface area contributed by atoms with Gasteiger partial charge in [0, 0.05) is 32.7 Å². The van der Waals surface area contributed by atoms with Crippen LogP contribution in [0, 0.1) is 6.92 Å². The first kappa shape index (κ1) is 11.0. The lowest BCUT2D eigenvalue weighted by molar-refractivity contribution is -0.131. The standard InChI is InChI=1S/C12H10BrNO2/c1-7-9(4-5-12(15)16)10-3-2-8(13)6-11(10)14-7/h2-6,14H,1H3,(H,15,16)/b5-4+. The number of carboxylic acids is 1. The van der Waals surface area contributed by atoms with E-state index in [1.54, 1.807) is 6.08 Å². The Hall–Kier alpha value is -1.55. The summed E-state index contributed by atoms with van der Waals surface area (Å²) in [7, 11) is 0. The number of H-pyrrole nitrogens is 1. The molecule has 0 radical (unpaired) electrons. The molecule has 4 heteroatoms. The minimum atomic E-state index is -0.939. The number of aliphatic carboxylic acids is 1. The largest absolute Gasteiger partial charge is 0.478 e. The SMILES string of the molecule is Cc1[nH]c2cc(Br)ccc2c1/C=C/C(=O)O. The van der Waals surface area contributed by atoms with E-state index in [0.717, 1.165) is 32.7 Å². The highest BCUT2D eigenvalue weighted by Gasteiger charge is 2.06. The van der Waals surface area contributed by atoms with Crippen LogP contribution < -0.4 is 0 Å². The molecule has 2 N–H and O–H groups in total. The Morgan fingerprint density at radius 2 is 2.25 bits per heavy atom. The van der Waals surface area contributed by atoms with E-state index in [0.29, 0.717) is 0 Å². The summed E-state index contributed by atoms with van der Waals surface area (Å²) >= 11 is 3.40. The number of benzene rings is 1. The van der Waals surface area contributed by atoms with Gasteiger partial charge in [-0.1, -0.05) is 22.0 Å². The van der Waals surface area contributed by atoms with Crippen molar-refractivity contribution in [1.82, 2.24) is 4.98 Å². The summed E-state index contributed by atoms with van der Waals surface area (Å²) in [6.07, 6.45) is 2.77. The molecular weight excluding hydrogens is 270 g/mol. The molecule has 1 heterocycles. The lowest BCUT2D eigenvalue weighted by atomic mass is 10.1. The van der Waals surface area contributed by atoms with Gasteiger partial charge < -0.3 is 10.1 Å². The molecule has 0 amide bonds. The number of rotatable bonds is 2. The third kappa shape index (κ3) is 2.02. The van der Waals surface area contributed by atoms with Gasteiger partial charge >= 0.3 is 5.97 Å². The van der Waals surface area contributed by atoms with E-state index in [1.165, 1.54) is 0 Å². The predicted octanol–water partition coefficient (Wildman–Crippen LogP) is 3.34. The number of aryl methyl sites for hydroxylation is 1. The van der Waals surface area contributed by atoms with Crippen LogP contribution in [-0.2, 0) is 4.79 Å². The van der Waals surface area contributed by atoms with Gasteiger partial charge in [0.15, 0.2) is 0 Å². The number of hydrogen-bond acceptors (Lipinski definition) is 1. The van der Waals surface area contributed by atoms with Crippen molar-refractivity contribution in [2.45, 2.75) is 6.92 Å². The van der Waals surface area contributed by atoms with Crippen molar-refractivity contribution in [3.05, 3.63) is 40.0 Å². The van der Waals surface area contributed by atoms with Gasteiger partial charge in [-0.25, -0.2) is 4.79 Å². The van der Waals surface area contributed by atoms with Crippen LogP contribution in [0.5, 0.6) is 0 Å². The van der Waals surface area contributed by atoms with Crippen molar-refractivity contribution in [1.29, 1.82) is 0 Å². The van der Waals surface area contributed by atoms with Crippen molar-refractivity contribution < 1.29 is 9.90 Å². The number of aromatic nitrogens is 1. The van der Waals surface area contributed by atoms with Gasteiger partial charge in [0.05, 0.1) is 0 Å². The van der Waals surface area contributed by atoms with Crippen LogP contribution in [0.2, 0.25) is 0 Å². The Balaban J connectivity index is 2.60. The molecule has 2 rings (SSSR count). The highest BCUT2D eigenvalue weighted by molar-refractivity contribution is 9.10. The smallest absolute Gasteiger partial charge is 0.328 e. The fourth-order valence-corrected chi connectivity index (χ4v) is 2.06. The minimum absolute atomic E-state index is 0.921. The van der Waals surface area contributed by atoms with Gasteiger partial charge in [-0.15, -0.1) is 0 Å². The van der Waals surface area contributed by atoms with Crippen LogP contribution in [0.1, 0.15) is 11.3 Å². The minimum Gasteiger partial charge on any atom is -0.478 e. The van der Waals surface area contributed by atoms with E-state index in [4.69, 9.17) is 5.11 Å². The fraction of sp³-hybridized carbons (Fsp3) is 0.0833. The summed E-state index contributed by atoms with van der Waals surface area (Å²) in [5.74, 6) is -0.939. The van der Waals surface area contributed by atoms with Crippen LogP contribution in [0.4, 0.5) is 0 Å². The zero-order valence-electron chi connectivity index (χ0n) is 8.62. The van der Waals surface area contributed by atoms with Crippen LogP contribution in [-0.4, -0.2) is 16.1 Å². The summed E-state index contributed by atoms with van der Waals surface area (Å²) in [6.45, 7) is 1.93. The Bertz CT molecular complexity index is 584. The van der Waals surface area contributed by atoms with Crippen LogP contribution in [0.15, 0.2) is 28.7 Å². The molecule has 0 bridgehead atoms. The monoisotopic (exact) mass is 279 g/mol. The molecule has 0 aliphatic heterocycles. The van der Waals surface area contributed by atoms with Gasteiger partial charge in [-0.3, -0.25) is 0 Å². The first-order valence-corrected chi connectivity index (χ1v) is 5.56. The molecule has 1 aromatic heterocycles. The van der Waals surface area contributed by atoms with Gasteiger partial charge in [0.1, 0.15) is 0 Å². The lowest BCUT2D eigenvalue weighted by Crippen LogP contribution is -1.86. The molecule has 82 valence electrons. The maximum absolute atomic E-state index is 10.5. The average Bonchev–Trinajstić information content (AvgIpc) is 2.50. The molecule has 0 spiro atoms. The van der Waals surface area contributed by atoms with Gasteiger partial charge in [0.2, 0.25) is 0 Å². The second-order valence-electron chi connectivity index (χ2n) is 3.53. The Morgan fingerprint density at radius 3 is 2.94 bits per heavy atom. The summed E-state index contributed by atoms with van der Waals surface area (Å²) in [4.78, 5) is 13.7. The first-order valence-electron chi connectivity index (χ1n) is 4.77. The number of halogens is 1. The van der Waals surface area contributed by atoms with Crippen molar-refractivity contribution >= 4 is 38.9 Å². The lowest BCUT2D eigenvalue weighted by Gasteiger charge is -1.93. The second kappa shape index (κ2) is 4.14. The summed E-state index contributed by atoms with van der Waals surface area (Å²) in [5, 5.41) is 9.64. The Labute approximate surface area is 101 Å². The van der Waals surface area contributed by atoms with Crippen LogP contribution in [0.3, 0.4) is 0 Å². The number of carboxylic acid groups (broad SMARTS) is 1. The Morgan fingerprint density at radius 1 is 1.50 bits per heavy atom. The number of aromatic amines is 1. The normalized spacial score (nSPS) is 11.4. The number of carbonyl (C=O) groups is 1. The number of nitrogens with one attached hydrogen (secondary N) is 1. The van der Waals surface area contributed by atoms with Gasteiger partial charge in [-0.2, -0.15) is 0 Å². The summed E-state index contributed by atoms with van der Waals surface area (Å²) in [5.41, 5.74) is 2.88. The van der Waals surface area contributed by atoms with E-state index in [1.807, 2.05) is 25.1 Å². The molecule has 0 saturated carbocycles. The summed E-state index contributed by atoms with van der Waals surface area (Å²) in [6, 6.07) is 5.87. The third-order valence-corrected chi connectivity index (χ3v) is 2.88. The second-order valence-corrected chi connectivity index (χ2v) is 4.44. The third-order valence-electron chi connectivity index (χ3n) is 2.39. The molecular formula is C12H10BrNO2. The van der Waals surface area contributed by atoms with Crippen molar-refractivity contribution in [2.75, 3.05) is 0 Å². The van der Waals surface area contributed by atoms with Gasteiger partial charge in [-0.05, 0) is 25.1 Å². The molecule has 2 aromatic rings. The quantitative estimate of drug-likeness (QED) is 0.829. The average molecular weight is 280 g/mol. The molecule has 0 fully saturated rings. The number of fused-ring (bicyclic) bond motifs is 1. The molecule has 3 nitrogen and oxygen atoms in total. The zero-order valence-corrected chi connectivity index (χ0v) is 10.2. The van der Waals surface area contributed by atoms with E-state index in [9.17, 15) is 4.79 Å². The van der Waals surface area contributed by atoms with Crippen molar-refractivity contribution in [2.24, 2.45) is 0 Å². The molecule has 0 aliphatic rings. The van der Waals surface area contributed by atoms with E-state index in [2.05, 4.69) is 20.9 Å². The maximum Gasteiger partial charge on any atom is 0.328 e. The van der Waals surface area contributed by atoms with Crippen molar-refractivity contribution in [3.63, 3.8) is 0 Å². The highest BCUT2D eigenvalue weighted by atomic mass is 79.9. The fourth-order valence-electron chi connectivity index (χ4n) is 1.70. The predicted molar refractivity (Wildman–Crippen MR) is 67.4 cm³/mol. The van der Waals surface area contributed by atoms with Gasteiger partial charge in [0.25, 0.3) is 0 Å². The topological polar surface area (TPSA) is 53.1 Å². The highest BCUT2D eigenvalue weighted by Crippen LogP contribution is 2.26. The van der Waals surface area contributed by atoms with Crippen LogP contribution >= 0.6 is 15.9 Å². The van der Waals surface area contributed by atoms with Crippen molar-refractivity contribution in [3.8, 4) is 0 Å². The molecule has 0 aliphatic carbocycles. The van der Waals surface area contributed by atoms with E-state index in [-0.39, 0.29) is 0 Å². The first-order chi connectivity index (χ1) is 7.58. The Kier molecular flexibility index (Phi) is 2.83.